The maximum absolute atomic E-state index is 12.4. The molecule has 0 bridgehead atoms. The lowest BCUT2D eigenvalue weighted by Gasteiger charge is -2.25. The lowest BCUT2D eigenvalue weighted by Crippen LogP contribution is -2.34. The molecule has 0 aliphatic rings. The summed E-state index contributed by atoms with van der Waals surface area (Å²) in [5.74, 6) is 0.0532. The third-order valence-corrected chi connectivity index (χ3v) is 3.67. The molecule has 0 saturated heterocycles. The number of anilines is 1. The number of rotatable bonds is 4. The smallest absolute Gasteiger partial charge is 0.443 e. The molecule has 1 aromatic carbocycles. The molecule has 0 radical (unpaired) electrons. The van der Waals surface area contributed by atoms with E-state index >= 15 is 0 Å². The van der Waals surface area contributed by atoms with Crippen LogP contribution in [0.1, 0.15) is 20.8 Å². The van der Waals surface area contributed by atoms with Crippen molar-refractivity contribution in [2.45, 2.75) is 32.7 Å². The molecule has 160 valence electrons. The number of ether oxygens (including phenoxy) is 3. The van der Waals surface area contributed by atoms with E-state index in [2.05, 4.69) is 14.8 Å². The van der Waals surface area contributed by atoms with Gasteiger partial charge in [-0.2, -0.15) is 9.61 Å². The Morgan fingerprint density at radius 2 is 1.70 bits per heavy atom. The van der Waals surface area contributed by atoms with Crippen molar-refractivity contribution in [3.63, 3.8) is 0 Å². The third-order valence-electron chi connectivity index (χ3n) is 3.67. The molecular weight excluding hydrogens is 405 g/mol. The van der Waals surface area contributed by atoms with Gasteiger partial charge in [0, 0.05) is 19.2 Å². The highest BCUT2D eigenvalue weighted by Crippen LogP contribution is 2.30. The molecule has 3 rings (SSSR count). The van der Waals surface area contributed by atoms with Crippen molar-refractivity contribution in [2.75, 3.05) is 11.9 Å². The molecule has 8 nitrogen and oxygen atoms in total. The van der Waals surface area contributed by atoms with Gasteiger partial charge >= 0.3 is 12.5 Å². The molecule has 0 fully saturated rings. The minimum absolute atomic E-state index is 0.194. The molecule has 0 spiro atoms. The van der Waals surface area contributed by atoms with Gasteiger partial charge in [0.05, 0.1) is 5.69 Å². The van der Waals surface area contributed by atoms with Crippen molar-refractivity contribution in [1.82, 2.24) is 14.6 Å². The Hall–Kier alpha value is -3.50. The number of nitrogens with zero attached hydrogens (tertiary/aromatic N) is 4. The number of carbonyl (C=O) groups is 1. The number of pyridine rings is 1. The van der Waals surface area contributed by atoms with Crippen LogP contribution in [0.4, 0.5) is 23.7 Å². The topological polar surface area (TPSA) is 78.2 Å². The summed E-state index contributed by atoms with van der Waals surface area (Å²) in [5.41, 5.74) is 0.149. The van der Waals surface area contributed by atoms with Gasteiger partial charge in [-0.25, -0.2) is 9.78 Å². The Morgan fingerprint density at radius 3 is 2.30 bits per heavy atom. The molecule has 0 aliphatic heterocycles. The Labute approximate surface area is 169 Å². The lowest BCUT2D eigenvalue weighted by atomic mass is 10.2. The second-order valence-corrected chi connectivity index (χ2v) is 7.24. The van der Waals surface area contributed by atoms with Crippen LogP contribution in [0, 0.1) is 0 Å². The zero-order valence-electron chi connectivity index (χ0n) is 16.6. The van der Waals surface area contributed by atoms with Gasteiger partial charge in [-0.15, -0.1) is 13.2 Å². The van der Waals surface area contributed by atoms with E-state index in [0.29, 0.717) is 11.3 Å². The van der Waals surface area contributed by atoms with Crippen LogP contribution in [0.2, 0.25) is 0 Å². The molecule has 2 heterocycles. The van der Waals surface area contributed by atoms with Crippen LogP contribution < -0.4 is 14.4 Å². The summed E-state index contributed by atoms with van der Waals surface area (Å²) in [7, 11) is 1.53. The van der Waals surface area contributed by atoms with E-state index in [1.165, 1.54) is 41.0 Å². The van der Waals surface area contributed by atoms with E-state index < -0.39 is 18.1 Å². The average Bonchev–Trinajstić information content (AvgIpc) is 3.09. The predicted molar refractivity (Wildman–Crippen MR) is 101 cm³/mol. The Morgan fingerprint density at radius 1 is 1.07 bits per heavy atom. The first-order valence-electron chi connectivity index (χ1n) is 8.75. The largest absolute Gasteiger partial charge is 0.573 e. The zero-order chi connectivity index (χ0) is 22.1. The van der Waals surface area contributed by atoms with Crippen molar-refractivity contribution in [2.24, 2.45) is 0 Å². The van der Waals surface area contributed by atoms with Crippen LogP contribution in [-0.4, -0.2) is 39.7 Å². The van der Waals surface area contributed by atoms with Gasteiger partial charge in [0.15, 0.2) is 5.65 Å². The van der Waals surface area contributed by atoms with Gasteiger partial charge in [-0.1, -0.05) is 0 Å². The van der Waals surface area contributed by atoms with Gasteiger partial charge in [0.2, 0.25) is 5.88 Å². The van der Waals surface area contributed by atoms with Crippen molar-refractivity contribution < 1.29 is 32.2 Å². The lowest BCUT2D eigenvalue weighted by molar-refractivity contribution is -0.274. The SMILES string of the molecule is CN(C(=O)OC(C)(C)C)c1cc(Oc2ccc(OC(F)(F)F)cc2)n2ncnc2c1. The van der Waals surface area contributed by atoms with Crippen LogP contribution >= 0.6 is 0 Å². The monoisotopic (exact) mass is 424 g/mol. The predicted octanol–water partition coefficient (Wildman–Crippen LogP) is 4.79. The third kappa shape index (κ3) is 5.31. The first-order valence-corrected chi connectivity index (χ1v) is 8.75. The molecule has 0 atom stereocenters. The molecular formula is C19H19F3N4O4. The number of halogens is 3. The Balaban J connectivity index is 1.87. The second kappa shape index (κ2) is 7.73. The summed E-state index contributed by atoms with van der Waals surface area (Å²) in [5, 5.41) is 4.06. The van der Waals surface area contributed by atoms with Gasteiger partial charge < -0.3 is 14.2 Å². The molecule has 11 heteroatoms. The van der Waals surface area contributed by atoms with E-state index in [1.807, 2.05) is 0 Å². The van der Waals surface area contributed by atoms with Gasteiger partial charge in [0.1, 0.15) is 23.4 Å². The minimum Gasteiger partial charge on any atom is -0.443 e. The summed E-state index contributed by atoms with van der Waals surface area (Å²) in [6, 6.07) is 8.02. The molecule has 3 aromatic rings. The van der Waals surface area contributed by atoms with Crippen LogP contribution in [0.15, 0.2) is 42.7 Å². The van der Waals surface area contributed by atoms with Crippen LogP contribution in [0.5, 0.6) is 17.4 Å². The summed E-state index contributed by atoms with van der Waals surface area (Å²) >= 11 is 0. The van der Waals surface area contributed by atoms with E-state index in [-0.39, 0.29) is 17.4 Å². The minimum atomic E-state index is -4.78. The number of fused-ring (bicyclic) bond motifs is 1. The summed E-state index contributed by atoms with van der Waals surface area (Å²) in [6.45, 7) is 5.25. The normalized spacial score (nSPS) is 12.0. The fourth-order valence-electron chi connectivity index (χ4n) is 2.41. The van der Waals surface area contributed by atoms with E-state index in [1.54, 1.807) is 26.8 Å². The van der Waals surface area contributed by atoms with Gasteiger partial charge in [-0.05, 0) is 45.0 Å². The highest BCUT2D eigenvalue weighted by molar-refractivity contribution is 5.88. The molecule has 1 amide bonds. The number of hydrogen-bond donors (Lipinski definition) is 0. The van der Waals surface area contributed by atoms with E-state index in [9.17, 15) is 18.0 Å². The molecule has 0 N–H and O–H groups in total. The number of amides is 1. The maximum atomic E-state index is 12.4. The van der Waals surface area contributed by atoms with Crippen LogP contribution in [-0.2, 0) is 4.74 Å². The molecule has 0 saturated carbocycles. The second-order valence-electron chi connectivity index (χ2n) is 7.24. The molecule has 2 aromatic heterocycles. The fraction of sp³-hybridized carbons (Fsp3) is 0.316. The Kier molecular flexibility index (Phi) is 5.47. The standard InChI is InChI=1S/C19H19F3N4O4/c1-18(2,3)30-17(27)25(4)12-9-15-23-11-24-26(15)16(10-12)28-13-5-7-14(8-6-13)29-19(20,21)22/h5-11H,1-4H3. The average molecular weight is 424 g/mol. The molecule has 0 aliphatic carbocycles. The highest BCUT2D eigenvalue weighted by atomic mass is 19.4. The molecule has 30 heavy (non-hydrogen) atoms. The zero-order valence-corrected chi connectivity index (χ0v) is 16.6. The van der Waals surface area contributed by atoms with Crippen LogP contribution in [0.3, 0.4) is 0 Å². The number of benzene rings is 1. The quantitative estimate of drug-likeness (QED) is 0.599. The van der Waals surface area contributed by atoms with Gasteiger partial charge in [0.25, 0.3) is 0 Å². The fourth-order valence-corrected chi connectivity index (χ4v) is 2.41. The van der Waals surface area contributed by atoms with E-state index in [4.69, 9.17) is 9.47 Å². The first kappa shape index (κ1) is 21.2. The van der Waals surface area contributed by atoms with Crippen molar-refractivity contribution in [3.05, 3.63) is 42.7 Å². The number of hydrogen-bond acceptors (Lipinski definition) is 6. The maximum Gasteiger partial charge on any atom is 0.573 e. The molecule has 0 unspecified atom stereocenters. The van der Waals surface area contributed by atoms with Crippen molar-refractivity contribution in [3.8, 4) is 17.4 Å². The number of alkyl halides is 3. The summed E-state index contributed by atoms with van der Waals surface area (Å²) in [6.07, 6.45) is -4.05. The van der Waals surface area contributed by atoms with Crippen molar-refractivity contribution in [1.29, 1.82) is 0 Å². The van der Waals surface area contributed by atoms with Crippen molar-refractivity contribution >= 4 is 17.4 Å². The van der Waals surface area contributed by atoms with Gasteiger partial charge in [-0.3, -0.25) is 4.90 Å². The number of aromatic nitrogens is 3. The summed E-state index contributed by atoms with van der Waals surface area (Å²) in [4.78, 5) is 17.8. The number of carbonyl (C=O) groups excluding carboxylic acids is 1. The van der Waals surface area contributed by atoms with Crippen LogP contribution in [0.25, 0.3) is 5.65 Å². The Bertz CT molecular complexity index is 1040. The first-order chi connectivity index (χ1) is 13.9. The van der Waals surface area contributed by atoms with E-state index in [0.717, 1.165) is 12.1 Å². The highest BCUT2D eigenvalue weighted by Gasteiger charge is 2.31. The summed E-state index contributed by atoms with van der Waals surface area (Å²) < 4.78 is 53.2.